The number of aromatic hydroxyl groups is 12. The van der Waals surface area contributed by atoms with Crippen LogP contribution < -0.4 is 43.0 Å². The van der Waals surface area contributed by atoms with Crippen molar-refractivity contribution < 1.29 is 94.8 Å². The van der Waals surface area contributed by atoms with Gasteiger partial charge in [-0.25, -0.2) is 0 Å². The van der Waals surface area contributed by atoms with E-state index in [1.807, 2.05) is 0 Å². The summed E-state index contributed by atoms with van der Waals surface area (Å²) >= 11 is 0. The molecule has 0 saturated heterocycles. The zero-order valence-corrected chi connectivity index (χ0v) is 40.1. The van der Waals surface area contributed by atoms with Crippen LogP contribution in [0.15, 0.2) is 48.5 Å². The SMILES string of the molecule is NCCNC(=O)[C@H](CCCCNC(=O)[C@H](CCCCNC(=O)c1cc(O)c(O)c(O)c1)NC(=O)c1cc(O)c(O)c(O)c1)NC(=O)[C@H](CCCCNC(=O)c1cc(O)c(O)c(O)c1)NC(=O)c1cc(O)c(O)c(O)c1. The van der Waals surface area contributed by atoms with Crippen LogP contribution in [0.1, 0.15) is 99.2 Å². The second-order valence-corrected chi connectivity index (χ2v) is 16.9. The van der Waals surface area contributed by atoms with E-state index in [2.05, 4.69) is 37.2 Å². The Kier molecular flexibility index (Phi) is 21.4. The standard InChI is InChI=1S/C48H60N8O19/c49-10-14-53-47(74)28(56-48(75)29(55-45(72)26-21-36(63)41(68)37(64)22-26)9-3-5-12-51-43(70)24-17-32(59)39(66)33(60)18-24)8-2-6-13-52-46(73)27(54-44(71)25-19-34(61)40(67)35(62)20-25)7-1-4-11-50-42(69)23-15-30(57)38(65)31(58)16-23/h15-22,27-29,57-68H,1-14,49H2,(H,50,69)(H,51,70)(H,52,73)(H,53,74)(H,54,71)(H,55,72)(H,56,75)/t27-,28-,29-/m0/s1. The van der Waals surface area contributed by atoms with E-state index >= 15 is 0 Å². The zero-order chi connectivity index (χ0) is 55.5. The predicted molar refractivity (Wildman–Crippen MR) is 261 cm³/mol. The van der Waals surface area contributed by atoms with E-state index in [0.717, 1.165) is 48.5 Å². The quantitative estimate of drug-likeness (QED) is 0.0278. The molecule has 0 aliphatic rings. The number of rotatable bonds is 27. The van der Waals surface area contributed by atoms with E-state index in [-0.39, 0.29) is 113 Å². The molecule has 21 N–H and O–H groups in total. The summed E-state index contributed by atoms with van der Waals surface area (Å²) in [6.45, 7) is 0.0431. The third kappa shape index (κ3) is 16.9. The highest BCUT2D eigenvalue weighted by molar-refractivity contribution is 6.00. The third-order valence-electron chi connectivity index (χ3n) is 11.3. The first-order valence-corrected chi connectivity index (χ1v) is 23.3. The van der Waals surface area contributed by atoms with Crippen molar-refractivity contribution in [2.75, 3.05) is 32.7 Å². The second-order valence-electron chi connectivity index (χ2n) is 16.9. The minimum Gasteiger partial charge on any atom is -0.504 e. The minimum absolute atomic E-state index is 0.00611. The fourth-order valence-electron chi connectivity index (χ4n) is 7.18. The van der Waals surface area contributed by atoms with Crippen LogP contribution in [0.4, 0.5) is 0 Å². The molecule has 7 amide bonds. The number of phenols is 12. The van der Waals surface area contributed by atoms with Gasteiger partial charge in [-0.3, -0.25) is 33.6 Å². The summed E-state index contributed by atoms with van der Waals surface area (Å²) in [5.41, 5.74) is 4.60. The Morgan fingerprint density at radius 2 is 0.587 bits per heavy atom. The smallest absolute Gasteiger partial charge is 0.252 e. The largest absolute Gasteiger partial charge is 0.504 e. The van der Waals surface area contributed by atoms with Crippen LogP contribution in [0.5, 0.6) is 69.0 Å². The van der Waals surface area contributed by atoms with Crippen molar-refractivity contribution in [2.45, 2.75) is 75.9 Å². The number of hydrogen-bond acceptors (Lipinski definition) is 20. The van der Waals surface area contributed by atoms with Gasteiger partial charge in [0.15, 0.2) is 69.0 Å². The van der Waals surface area contributed by atoms with Gasteiger partial charge in [0, 0.05) is 55.0 Å². The summed E-state index contributed by atoms with van der Waals surface area (Å²) in [6, 6.07) is 3.27. The number of benzene rings is 4. The number of phenolic OH excluding ortho intramolecular Hbond substituents is 12. The number of carbonyl (C=O) groups is 7. The van der Waals surface area contributed by atoms with E-state index in [4.69, 9.17) is 5.73 Å². The summed E-state index contributed by atoms with van der Waals surface area (Å²) < 4.78 is 0. The Morgan fingerprint density at radius 3 is 0.893 bits per heavy atom. The molecule has 0 aliphatic heterocycles. The van der Waals surface area contributed by atoms with Crippen LogP contribution in [0, 0.1) is 0 Å². The number of hydrogen-bond donors (Lipinski definition) is 20. The Morgan fingerprint density at radius 1 is 0.333 bits per heavy atom. The van der Waals surface area contributed by atoms with E-state index in [9.17, 15) is 94.8 Å². The topological polar surface area (TPSA) is 472 Å². The monoisotopic (exact) mass is 1050 g/mol. The molecule has 4 aromatic carbocycles. The van der Waals surface area contributed by atoms with Crippen molar-refractivity contribution in [1.82, 2.24) is 37.2 Å². The van der Waals surface area contributed by atoms with Crippen LogP contribution >= 0.6 is 0 Å². The molecule has 4 aromatic rings. The molecule has 0 aliphatic carbocycles. The Balaban J connectivity index is 1.40. The van der Waals surface area contributed by atoms with E-state index < -0.39 is 128 Å². The van der Waals surface area contributed by atoms with Crippen molar-refractivity contribution in [2.24, 2.45) is 5.73 Å². The van der Waals surface area contributed by atoms with Crippen molar-refractivity contribution in [3.63, 3.8) is 0 Å². The maximum atomic E-state index is 13.9. The number of nitrogens with one attached hydrogen (secondary N) is 7. The van der Waals surface area contributed by atoms with Crippen molar-refractivity contribution in [3.8, 4) is 69.0 Å². The van der Waals surface area contributed by atoms with Gasteiger partial charge in [0.05, 0.1) is 0 Å². The molecular formula is C48H60N8O19. The molecule has 0 heterocycles. The minimum atomic E-state index is -1.39. The van der Waals surface area contributed by atoms with Crippen LogP contribution in [0.25, 0.3) is 0 Å². The molecule has 0 bridgehead atoms. The fraction of sp³-hybridized carbons (Fsp3) is 0.354. The molecular weight excluding hydrogens is 993 g/mol. The van der Waals surface area contributed by atoms with Gasteiger partial charge < -0.3 is 104 Å². The molecule has 0 spiro atoms. The lowest BCUT2D eigenvalue weighted by Gasteiger charge is -2.24. The van der Waals surface area contributed by atoms with Crippen LogP contribution in [0.3, 0.4) is 0 Å². The van der Waals surface area contributed by atoms with Gasteiger partial charge in [-0.2, -0.15) is 0 Å². The Hall–Kier alpha value is -9.27. The first kappa shape index (κ1) is 58.3. The number of carbonyl (C=O) groups excluding carboxylic acids is 7. The molecule has 0 aromatic heterocycles. The molecule has 0 unspecified atom stereocenters. The summed E-state index contributed by atoms with van der Waals surface area (Å²) in [7, 11) is 0. The van der Waals surface area contributed by atoms with Crippen molar-refractivity contribution >= 4 is 41.4 Å². The Bertz CT molecular complexity index is 2650. The van der Waals surface area contributed by atoms with E-state index in [1.165, 1.54) is 0 Å². The molecule has 75 heavy (non-hydrogen) atoms. The third-order valence-corrected chi connectivity index (χ3v) is 11.3. The van der Waals surface area contributed by atoms with Gasteiger partial charge >= 0.3 is 0 Å². The summed E-state index contributed by atoms with van der Waals surface area (Å²) in [5, 5.41) is 136. The van der Waals surface area contributed by atoms with Crippen LogP contribution in [0.2, 0.25) is 0 Å². The van der Waals surface area contributed by atoms with Gasteiger partial charge in [0.25, 0.3) is 23.6 Å². The summed E-state index contributed by atoms with van der Waals surface area (Å²) in [5.74, 6) is -15.1. The highest BCUT2D eigenvalue weighted by Crippen LogP contribution is 2.38. The molecule has 4 rings (SSSR count). The van der Waals surface area contributed by atoms with Crippen LogP contribution in [-0.4, -0.2) is 153 Å². The van der Waals surface area contributed by atoms with Gasteiger partial charge in [-0.05, 0) is 106 Å². The Labute approximate surface area is 426 Å². The normalized spacial score (nSPS) is 12.1. The average Bonchev–Trinajstić information content (AvgIpc) is 3.37. The van der Waals surface area contributed by atoms with E-state index in [0.29, 0.717) is 0 Å². The first-order valence-electron chi connectivity index (χ1n) is 23.3. The first-order chi connectivity index (χ1) is 35.5. The van der Waals surface area contributed by atoms with Gasteiger partial charge in [-0.1, -0.05) is 0 Å². The summed E-state index contributed by atoms with van der Waals surface area (Å²) in [6.07, 6.45) is 1.03. The van der Waals surface area contributed by atoms with Crippen molar-refractivity contribution in [3.05, 3.63) is 70.8 Å². The highest BCUT2D eigenvalue weighted by Gasteiger charge is 2.28. The maximum Gasteiger partial charge on any atom is 0.252 e. The lowest BCUT2D eigenvalue weighted by molar-refractivity contribution is -0.130. The highest BCUT2D eigenvalue weighted by atomic mass is 16.3. The fourth-order valence-corrected chi connectivity index (χ4v) is 7.18. The zero-order valence-electron chi connectivity index (χ0n) is 40.1. The molecule has 27 nitrogen and oxygen atoms in total. The molecule has 0 fully saturated rings. The average molecular weight is 1050 g/mol. The molecule has 0 radical (unpaired) electrons. The number of unbranched alkanes of at least 4 members (excludes halogenated alkanes) is 3. The molecule has 27 heteroatoms. The lowest BCUT2D eigenvalue weighted by atomic mass is 10.0. The predicted octanol–water partition coefficient (Wildman–Crippen LogP) is 0.0976. The molecule has 406 valence electrons. The number of nitrogens with two attached hydrogens (primary N) is 1. The van der Waals surface area contributed by atoms with Gasteiger partial charge in [-0.15, -0.1) is 0 Å². The van der Waals surface area contributed by atoms with Gasteiger partial charge in [0.2, 0.25) is 17.7 Å². The molecule has 3 atom stereocenters. The lowest BCUT2D eigenvalue weighted by Crippen LogP contribution is -2.54. The number of amides is 7. The maximum absolute atomic E-state index is 13.9. The van der Waals surface area contributed by atoms with Crippen molar-refractivity contribution in [1.29, 1.82) is 0 Å². The van der Waals surface area contributed by atoms with Gasteiger partial charge in [0.1, 0.15) is 18.1 Å². The van der Waals surface area contributed by atoms with E-state index in [1.54, 1.807) is 0 Å². The van der Waals surface area contributed by atoms with Crippen LogP contribution in [-0.2, 0) is 14.4 Å². The molecule has 0 saturated carbocycles. The summed E-state index contributed by atoms with van der Waals surface area (Å²) in [4.78, 5) is 92.5. The second kappa shape index (κ2) is 27.5.